The van der Waals surface area contributed by atoms with Crippen LogP contribution >= 0.6 is 11.8 Å². The Bertz CT molecular complexity index is 824. The van der Waals surface area contributed by atoms with Crippen molar-refractivity contribution in [2.24, 2.45) is 0 Å². The number of hydrogen-bond acceptors (Lipinski definition) is 7. The van der Waals surface area contributed by atoms with Crippen LogP contribution in [0.3, 0.4) is 0 Å². The minimum absolute atomic E-state index is 0.0587. The molecule has 3 aromatic heterocycles. The summed E-state index contributed by atoms with van der Waals surface area (Å²) in [4.78, 5) is 13.8. The van der Waals surface area contributed by atoms with E-state index in [1.165, 1.54) is 22.7 Å². The maximum atomic E-state index is 12.2. The van der Waals surface area contributed by atoms with Crippen molar-refractivity contribution in [1.29, 1.82) is 0 Å². The normalized spacial score (nSPS) is 10.9. The quantitative estimate of drug-likeness (QED) is 0.536. The van der Waals surface area contributed by atoms with Crippen LogP contribution in [-0.4, -0.2) is 38.5 Å². The highest BCUT2D eigenvalue weighted by Gasteiger charge is 2.17. The summed E-state index contributed by atoms with van der Waals surface area (Å²) in [6.45, 7) is 2.28. The molecule has 0 aromatic carbocycles. The Hall–Kier alpha value is -2.68. The number of nitrogen functional groups attached to an aromatic ring is 1. The summed E-state index contributed by atoms with van der Waals surface area (Å²) in [7, 11) is 1.72. The number of nitrogens with zero attached hydrogens (tertiary/aromatic N) is 4. The number of aromatic nitrogens is 3. The molecule has 2 N–H and O–H groups in total. The number of carbonyl (C=O) groups excluding carboxylic acids is 1. The number of rotatable bonds is 6. The molecule has 0 aliphatic heterocycles. The van der Waals surface area contributed by atoms with Gasteiger partial charge in [0.1, 0.15) is 11.5 Å². The summed E-state index contributed by atoms with van der Waals surface area (Å²) >= 11 is 1.22. The molecule has 9 heteroatoms. The summed E-state index contributed by atoms with van der Waals surface area (Å²) < 4.78 is 12.0. The number of aryl methyl sites for hydroxylation is 1. The highest BCUT2D eigenvalue weighted by Crippen LogP contribution is 2.22. The molecule has 3 heterocycles. The van der Waals surface area contributed by atoms with E-state index in [1.54, 1.807) is 24.1 Å². The largest absolute Gasteiger partial charge is 0.464 e. The summed E-state index contributed by atoms with van der Waals surface area (Å²) in [6.07, 6.45) is 1.53. The van der Waals surface area contributed by atoms with Crippen molar-refractivity contribution in [2.75, 3.05) is 18.6 Å². The Morgan fingerprint density at radius 3 is 2.88 bits per heavy atom. The van der Waals surface area contributed by atoms with Gasteiger partial charge < -0.3 is 19.6 Å². The summed E-state index contributed by atoms with van der Waals surface area (Å²) in [5.41, 5.74) is 0. The highest BCUT2D eigenvalue weighted by atomic mass is 32.2. The second-order valence-corrected chi connectivity index (χ2v) is 6.15. The molecule has 0 bridgehead atoms. The van der Waals surface area contributed by atoms with Crippen molar-refractivity contribution >= 4 is 17.7 Å². The first-order valence-electron chi connectivity index (χ1n) is 7.21. The lowest BCUT2D eigenvalue weighted by molar-refractivity contribution is -0.127. The number of thioether (sulfide) groups is 1. The summed E-state index contributed by atoms with van der Waals surface area (Å²) in [6, 6.07) is 7.21. The third-order valence-corrected chi connectivity index (χ3v) is 4.27. The molecule has 0 saturated heterocycles. The number of furan rings is 2. The average Bonchev–Trinajstić information content (AvgIpc) is 3.27. The average molecular weight is 347 g/mol. The predicted molar refractivity (Wildman–Crippen MR) is 88.5 cm³/mol. The summed E-state index contributed by atoms with van der Waals surface area (Å²) in [5, 5.41) is 8.42. The van der Waals surface area contributed by atoms with Crippen molar-refractivity contribution in [3.63, 3.8) is 0 Å². The van der Waals surface area contributed by atoms with Crippen LogP contribution in [0.2, 0.25) is 0 Å². The van der Waals surface area contributed by atoms with Crippen LogP contribution in [0.4, 0.5) is 0 Å². The van der Waals surface area contributed by atoms with Gasteiger partial charge >= 0.3 is 0 Å². The van der Waals surface area contributed by atoms with Crippen molar-refractivity contribution in [3.05, 3.63) is 42.0 Å². The van der Waals surface area contributed by atoms with Crippen LogP contribution in [0.25, 0.3) is 11.6 Å². The van der Waals surface area contributed by atoms with Crippen molar-refractivity contribution in [1.82, 2.24) is 19.8 Å². The Kier molecular flexibility index (Phi) is 4.61. The third-order valence-electron chi connectivity index (χ3n) is 3.35. The Labute approximate surface area is 142 Å². The van der Waals surface area contributed by atoms with Gasteiger partial charge in [0, 0.05) is 7.05 Å². The maximum absolute atomic E-state index is 12.2. The first-order valence-corrected chi connectivity index (χ1v) is 8.19. The molecular weight excluding hydrogens is 330 g/mol. The predicted octanol–water partition coefficient (Wildman–Crippen LogP) is 1.90. The van der Waals surface area contributed by atoms with Gasteiger partial charge in [-0.3, -0.25) is 4.79 Å². The van der Waals surface area contributed by atoms with Gasteiger partial charge in [-0.15, -0.1) is 10.2 Å². The fraction of sp³-hybridized carbons (Fsp3) is 0.267. The van der Waals surface area contributed by atoms with Gasteiger partial charge in [0.2, 0.25) is 16.9 Å². The van der Waals surface area contributed by atoms with Gasteiger partial charge in [0.25, 0.3) is 0 Å². The number of nitrogens with two attached hydrogens (primary N) is 1. The van der Waals surface area contributed by atoms with Crippen LogP contribution < -0.4 is 5.84 Å². The molecule has 0 atom stereocenters. The van der Waals surface area contributed by atoms with E-state index in [0.29, 0.717) is 23.3 Å². The van der Waals surface area contributed by atoms with E-state index in [1.807, 2.05) is 19.1 Å². The van der Waals surface area contributed by atoms with Gasteiger partial charge in [-0.05, 0) is 31.2 Å². The smallest absolute Gasteiger partial charge is 0.233 e. The molecule has 0 radical (unpaired) electrons. The van der Waals surface area contributed by atoms with Crippen molar-refractivity contribution < 1.29 is 13.6 Å². The SMILES string of the molecule is Cc1ccc(CN(C)C(=O)CSc2nnc(-c3ccco3)n2N)o1. The topological polar surface area (TPSA) is 103 Å². The number of hydrogen-bond donors (Lipinski definition) is 1. The molecule has 0 unspecified atom stereocenters. The molecular formula is C15H17N5O3S. The first-order chi connectivity index (χ1) is 11.5. The molecule has 0 fully saturated rings. The van der Waals surface area contributed by atoms with E-state index in [0.717, 1.165) is 11.5 Å². The fourth-order valence-corrected chi connectivity index (χ4v) is 2.87. The number of amides is 1. The Morgan fingerprint density at radius 1 is 1.38 bits per heavy atom. The van der Waals surface area contributed by atoms with Gasteiger partial charge in [-0.2, -0.15) is 0 Å². The van der Waals surface area contributed by atoms with E-state index in [-0.39, 0.29) is 11.7 Å². The molecule has 8 nitrogen and oxygen atoms in total. The second kappa shape index (κ2) is 6.83. The Morgan fingerprint density at radius 2 is 2.21 bits per heavy atom. The zero-order valence-corrected chi connectivity index (χ0v) is 14.1. The lowest BCUT2D eigenvalue weighted by Crippen LogP contribution is -2.27. The van der Waals surface area contributed by atoms with E-state index in [4.69, 9.17) is 14.7 Å². The third kappa shape index (κ3) is 3.46. The zero-order chi connectivity index (χ0) is 17.1. The Balaban J connectivity index is 1.58. The molecule has 0 spiro atoms. The van der Waals surface area contributed by atoms with E-state index >= 15 is 0 Å². The highest BCUT2D eigenvalue weighted by molar-refractivity contribution is 7.99. The molecule has 0 aliphatic carbocycles. The monoisotopic (exact) mass is 347 g/mol. The molecule has 3 aromatic rings. The van der Waals surface area contributed by atoms with Crippen LogP contribution in [0.15, 0.2) is 44.5 Å². The van der Waals surface area contributed by atoms with E-state index < -0.39 is 0 Å². The maximum Gasteiger partial charge on any atom is 0.233 e. The lowest BCUT2D eigenvalue weighted by atomic mass is 10.4. The van der Waals surface area contributed by atoms with Crippen LogP contribution in [0.1, 0.15) is 11.5 Å². The summed E-state index contributed by atoms with van der Waals surface area (Å²) in [5.74, 6) is 8.59. The minimum Gasteiger partial charge on any atom is -0.464 e. The second-order valence-electron chi connectivity index (χ2n) is 5.20. The molecule has 3 rings (SSSR count). The van der Waals surface area contributed by atoms with Crippen LogP contribution in [0.5, 0.6) is 0 Å². The molecule has 24 heavy (non-hydrogen) atoms. The van der Waals surface area contributed by atoms with Crippen LogP contribution in [0, 0.1) is 6.92 Å². The van der Waals surface area contributed by atoms with Gasteiger partial charge in [-0.25, -0.2) is 4.68 Å². The molecule has 1 amide bonds. The first kappa shape index (κ1) is 16.2. The standard InChI is InChI=1S/C15H17N5O3S/c1-10-5-6-11(23-10)8-19(2)13(21)9-24-15-18-17-14(20(15)16)12-4-3-7-22-12/h3-7H,8-9,16H2,1-2H3. The van der Waals surface area contributed by atoms with E-state index in [2.05, 4.69) is 10.2 Å². The van der Waals surface area contributed by atoms with Gasteiger partial charge in [0.05, 0.1) is 18.6 Å². The lowest BCUT2D eigenvalue weighted by Gasteiger charge is -2.15. The number of carbonyl (C=O) groups is 1. The van der Waals surface area contributed by atoms with Crippen molar-refractivity contribution in [3.8, 4) is 11.6 Å². The zero-order valence-electron chi connectivity index (χ0n) is 13.3. The molecule has 0 saturated carbocycles. The van der Waals surface area contributed by atoms with Crippen molar-refractivity contribution in [2.45, 2.75) is 18.6 Å². The molecule has 0 aliphatic rings. The minimum atomic E-state index is -0.0587. The van der Waals surface area contributed by atoms with Gasteiger partial charge in [-0.1, -0.05) is 11.8 Å². The van der Waals surface area contributed by atoms with Gasteiger partial charge in [0.15, 0.2) is 5.76 Å². The fourth-order valence-electron chi connectivity index (χ4n) is 2.08. The van der Waals surface area contributed by atoms with E-state index in [9.17, 15) is 4.79 Å². The molecule has 126 valence electrons. The van der Waals surface area contributed by atoms with Crippen LogP contribution in [-0.2, 0) is 11.3 Å².